The zero-order valence-corrected chi connectivity index (χ0v) is 20.6. The van der Waals surface area contributed by atoms with Crippen LogP contribution in [0.4, 0.5) is 11.4 Å². The number of halogens is 3. The van der Waals surface area contributed by atoms with Crippen LogP contribution in [0.3, 0.4) is 0 Å². The molecular weight excluding hydrogens is 681 g/mol. The number of hydrogen-bond acceptors (Lipinski definition) is 4. The van der Waals surface area contributed by atoms with Crippen LogP contribution >= 0.6 is 67.8 Å². The van der Waals surface area contributed by atoms with Crippen LogP contribution in [0, 0.1) is 16.6 Å². The van der Waals surface area contributed by atoms with E-state index >= 15 is 0 Å². The fourth-order valence-corrected chi connectivity index (χ4v) is 7.55. The summed E-state index contributed by atoms with van der Waals surface area (Å²) in [7, 11) is 1.53. The number of carbonyl (C=O) groups is 4. The molecule has 1 aliphatic heterocycles. The van der Waals surface area contributed by atoms with Gasteiger partial charge in [-0.1, -0.05) is 6.92 Å². The maximum absolute atomic E-state index is 12.6. The van der Waals surface area contributed by atoms with E-state index in [0.717, 1.165) is 4.90 Å². The summed E-state index contributed by atoms with van der Waals surface area (Å²) in [6.45, 7) is 3.19. The second-order valence-electron chi connectivity index (χ2n) is 6.03. The molecule has 0 aliphatic carbocycles. The van der Waals surface area contributed by atoms with E-state index in [0.29, 0.717) is 16.4 Å². The van der Waals surface area contributed by atoms with Crippen molar-refractivity contribution in [3.63, 3.8) is 0 Å². The number of rotatable bonds is 3. The molecule has 0 saturated carbocycles. The van der Waals surface area contributed by atoms with Gasteiger partial charge in [0.25, 0.3) is 0 Å². The first-order chi connectivity index (χ1) is 12.0. The van der Waals surface area contributed by atoms with Crippen LogP contribution in [-0.4, -0.2) is 35.8 Å². The molecule has 1 aliphatic rings. The highest BCUT2D eigenvalue weighted by atomic mass is 127. The Balaban J connectivity index is 2.85. The van der Waals surface area contributed by atoms with E-state index in [4.69, 9.17) is 0 Å². The number of benzene rings is 1. The normalized spacial score (nSPS) is 15.4. The van der Waals surface area contributed by atoms with Crippen molar-refractivity contribution >= 4 is 103 Å². The molecular formula is C16H15I3N2O5. The first-order valence-electron chi connectivity index (χ1n) is 7.52. The third-order valence-electron chi connectivity index (χ3n) is 4.06. The Bertz CT molecular complexity index is 822. The molecule has 10 heteroatoms. The minimum Gasteiger partial charge on any atom is -0.478 e. The molecule has 1 aromatic carbocycles. The molecule has 0 radical (unpaired) electrons. The number of amides is 3. The summed E-state index contributed by atoms with van der Waals surface area (Å²) >= 11 is 5.70. The van der Waals surface area contributed by atoms with Crippen molar-refractivity contribution < 1.29 is 24.3 Å². The molecule has 2 rings (SSSR count). The van der Waals surface area contributed by atoms with Gasteiger partial charge in [0.15, 0.2) is 0 Å². The van der Waals surface area contributed by atoms with Gasteiger partial charge in [0, 0.05) is 26.8 Å². The standard InChI is InChI=1S/C16H15I3N2O5/c1-6-4-8(23)21(9(24)5-6)15-12(18)10(16(25)26)11(17)14(13(15)19)20(3)7(2)22/h6H,4-5H2,1-3H3,(H,25,26). The van der Waals surface area contributed by atoms with Gasteiger partial charge in [-0.15, -0.1) is 0 Å². The monoisotopic (exact) mass is 696 g/mol. The summed E-state index contributed by atoms with van der Waals surface area (Å²) in [6.07, 6.45) is 0.425. The van der Waals surface area contributed by atoms with Gasteiger partial charge in [0.2, 0.25) is 17.7 Å². The second kappa shape index (κ2) is 8.24. The van der Waals surface area contributed by atoms with E-state index < -0.39 is 5.97 Å². The topological polar surface area (TPSA) is 95.0 Å². The Hall–Kier alpha value is -0.510. The molecule has 0 aromatic heterocycles. The van der Waals surface area contributed by atoms with Crippen LogP contribution in [0.25, 0.3) is 0 Å². The number of carboxylic acids is 1. The molecule has 0 bridgehead atoms. The van der Waals surface area contributed by atoms with Gasteiger partial charge in [-0.3, -0.25) is 14.4 Å². The van der Waals surface area contributed by atoms with Crippen molar-refractivity contribution in [3.05, 3.63) is 16.3 Å². The lowest BCUT2D eigenvalue weighted by atomic mass is 9.97. The highest BCUT2D eigenvalue weighted by Crippen LogP contribution is 2.43. The molecule has 3 amide bonds. The highest BCUT2D eigenvalue weighted by Gasteiger charge is 2.37. The maximum Gasteiger partial charge on any atom is 0.338 e. The van der Waals surface area contributed by atoms with Crippen LogP contribution in [-0.2, 0) is 14.4 Å². The average molecular weight is 696 g/mol. The molecule has 1 aromatic rings. The van der Waals surface area contributed by atoms with Crippen molar-refractivity contribution in [1.82, 2.24) is 0 Å². The predicted molar refractivity (Wildman–Crippen MR) is 122 cm³/mol. The molecule has 0 unspecified atom stereocenters. The summed E-state index contributed by atoms with van der Waals surface area (Å²) in [5, 5.41) is 9.68. The predicted octanol–water partition coefficient (Wildman–Crippen LogP) is 3.47. The quantitative estimate of drug-likeness (QED) is 0.387. The van der Waals surface area contributed by atoms with Gasteiger partial charge < -0.3 is 10.0 Å². The van der Waals surface area contributed by atoms with Crippen LogP contribution in [0.2, 0.25) is 0 Å². The van der Waals surface area contributed by atoms with E-state index in [1.54, 1.807) is 0 Å². The zero-order valence-electron chi connectivity index (χ0n) is 14.1. The SMILES string of the molecule is CC(=O)N(C)c1c(I)c(C(=O)O)c(I)c(N2C(=O)CC(C)CC2=O)c1I. The molecule has 0 spiro atoms. The van der Waals surface area contributed by atoms with Crippen LogP contribution in [0.1, 0.15) is 37.0 Å². The largest absolute Gasteiger partial charge is 0.478 e. The summed E-state index contributed by atoms with van der Waals surface area (Å²) in [6, 6.07) is 0. The summed E-state index contributed by atoms with van der Waals surface area (Å²) in [4.78, 5) is 51.3. The lowest BCUT2D eigenvalue weighted by Gasteiger charge is -2.32. The van der Waals surface area contributed by atoms with Crippen molar-refractivity contribution in [2.45, 2.75) is 26.7 Å². The number of nitrogens with zero attached hydrogens (tertiary/aromatic N) is 2. The van der Waals surface area contributed by atoms with Crippen molar-refractivity contribution in [2.75, 3.05) is 16.8 Å². The van der Waals surface area contributed by atoms with E-state index in [-0.39, 0.29) is 47.7 Å². The van der Waals surface area contributed by atoms with Gasteiger partial charge in [0.1, 0.15) is 0 Å². The van der Waals surface area contributed by atoms with Crippen molar-refractivity contribution in [3.8, 4) is 0 Å². The van der Waals surface area contributed by atoms with Gasteiger partial charge in [0.05, 0.1) is 27.6 Å². The van der Waals surface area contributed by atoms with Crippen LogP contribution < -0.4 is 9.80 Å². The molecule has 7 nitrogen and oxygen atoms in total. The Morgan fingerprint density at radius 2 is 1.58 bits per heavy atom. The molecule has 0 atom stereocenters. The molecule has 1 heterocycles. The lowest BCUT2D eigenvalue weighted by Crippen LogP contribution is -2.44. The van der Waals surface area contributed by atoms with Gasteiger partial charge in [-0.05, 0) is 73.7 Å². The summed E-state index contributed by atoms with van der Waals surface area (Å²) in [5.74, 6) is -2.24. The number of hydrogen-bond donors (Lipinski definition) is 1. The van der Waals surface area contributed by atoms with E-state index in [9.17, 15) is 24.3 Å². The molecule has 1 N–H and O–H groups in total. The van der Waals surface area contributed by atoms with Crippen LogP contribution in [0.5, 0.6) is 0 Å². The average Bonchev–Trinajstić information content (AvgIpc) is 2.48. The first kappa shape index (κ1) is 21.8. The Morgan fingerprint density at radius 3 is 2.00 bits per heavy atom. The smallest absolute Gasteiger partial charge is 0.338 e. The summed E-state index contributed by atoms with van der Waals surface area (Å²) < 4.78 is 1.19. The van der Waals surface area contributed by atoms with E-state index in [1.807, 2.05) is 74.7 Å². The highest BCUT2D eigenvalue weighted by molar-refractivity contribution is 14.1. The Morgan fingerprint density at radius 1 is 1.08 bits per heavy atom. The molecule has 1 saturated heterocycles. The first-order valence-corrected chi connectivity index (χ1v) is 10.8. The number of aromatic carboxylic acids is 1. The number of piperidine rings is 1. The minimum atomic E-state index is -1.18. The fourth-order valence-electron chi connectivity index (χ4n) is 2.71. The van der Waals surface area contributed by atoms with E-state index in [1.165, 1.54) is 18.9 Å². The third kappa shape index (κ3) is 3.86. The third-order valence-corrected chi connectivity index (χ3v) is 7.18. The molecule has 1 fully saturated rings. The number of carbonyl (C=O) groups excluding carboxylic acids is 3. The second-order valence-corrected chi connectivity index (χ2v) is 9.27. The van der Waals surface area contributed by atoms with Gasteiger partial charge in [-0.25, -0.2) is 9.69 Å². The molecule has 26 heavy (non-hydrogen) atoms. The maximum atomic E-state index is 12.6. The molecule has 140 valence electrons. The lowest BCUT2D eigenvalue weighted by molar-refractivity contribution is -0.130. The Kier molecular flexibility index (Phi) is 6.91. The minimum absolute atomic E-state index is 0.0241. The number of imide groups is 1. The summed E-state index contributed by atoms with van der Waals surface area (Å²) in [5.41, 5.74) is 0.601. The van der Waals surface area contributed by atoms with Gasteiger partial charge >= 0.3 is 5.97 Å². The fraction of sp³-hybridized carbons (Fsp3) is 0.375. The zero-order chi connectivity index (χ0) is 19.9. The number of carboxylic acid groups (broad SMARTS) is 1. The Labute approximate surface area is 191 Å². The van der Waals surface area contributed by atoms with Crippen LogP contribution in [0.15, 0.2) is 0 Å². The van der Waals surface area contributed by atoms with E-state index in [2.05, 4.69) is 0 Å². The van der Waals surface area contributed by atoms with Gasteiger partial charge in [-0.2, -0.15) is 0 Å². The van der Waals surface area contributed by atoms with Crippen molar-refractivity contribution in [1.29, 1.82) is 0 Å². The number of anilines is 2. The van der Waals surface area contributed by atoms with Crippen molar-refractivity contribution in [2.24, 2.45) is 5.92 Å².